The molecule has 2 heterocycles. The lowest BCUT2D eigenvalue weighted by Gasteiger charge is -2.26. The fraction of sp³-hybridized carbons (Fsp3) is 0.600. The number of hydrogen-bond acceptors (Lipinski definition) is 4. The van der Waals surface area contributed by atoms with Crippen LogP contribution in [0, 0.1) is 6.92 Å². The molecule has 0 spiro atoms. The van der Waals surface area contributed by atoms with E-state index in [1.165, 1.54) is 0 Å². The van der Waals surface area contributed by atoms with E-state index in [2.05, 4.69) is 22.1 Å². The number of ether oxygens (including phenoxy) is 1. The highest BCUT2D eigenvalue weighted by Crippen LogP contribution is 2.14. The van der Waals surface area contributed by atoms with Gasteiger partial charge in [0.25, 0.3) is 0 Å². The molecule has 1 N–H and O–H groups in total. The van der Waals surface area contributed by atoms with Crippen molar-refractivity contribution in [3.8, 4) is 0 Å². The van der Waals surface area contributed by atoms with Crippen molar-refractivity contribution in [3.63, 3.8) is 0 Å². The summed E-state index contributed by atoms with van der Waals surface area (Å²) >= 11 is 0. The Kier molecular flexibility index (Phi) is 5.49. The lowest BCUT2D eigenvalue weighted by Crippen LogP contribution is -2.44. The molecular formula is C15H23N3O2. The van der Waals surface area contributed by atoms with E-state index < -0.39 is 0 Å². The Balaban J connectivity index is 1.90. The van der Waals surface area contributed by atoms with Crippen molar-refractivity contribution in [2.75, 3.05) is 32.8 Å². The number of aryl methyl sites for hydroxylation is 1. The van der Waals surface area contributed by atoms with Crippen LogP contribution in [0.2, 0.25) is 0 Å². The van der Waals surface area contributed by atoms with E-state index >= 15 is 0 Å². The Hall–Kier alpha value is -1.46. The maximum Gasteiger partial charge on any atom is 0.234 e. The number of carbonyl (C=O) groups is 1. The van der Waals surface area contributed by atoms with Gasteiger partial charge in [-0.3, -0.25) is 14.7 Å². The third-order valence-corrected chi connectivity index (χ3v) is 3.48. The molecule has 1 aromatic heterocycles. The summed E-state index contributed by atoms with van der Waals surface area (Å²) in [5, 5.41) is 3.07. The fourth-order valence-electron chi connectivity index (χ4n) is 2.35. The maximum atomic E-state index is 12.1. The molecule has 1 fully saturated rings. The zero-order chi connectivity index (χ0) is 14.4. The Morgan fingerprint density at radius 3 is 2.85 bits per heavy atom. The first-order chi connectivity index (χ1) is 9.69. The second-order valence-corrected chi connectivity index (χ2v) is 5.12. The SMILES string of the molecule is CCC(NC(=O)CN1CCOCC1)c1cccc(C)n1. The molecule has 1 aliphatic heterocycles. The predicted octanol–water partition coefficient (Wildman–Crippen LogP) is 1.29. The molecule has 2 rings (SSSR count). The number of aromatic nitrogens is 1. The molecule has 0 radical (unpaired) electrons. The summed E-state index contributed by atoms with van der Waals surface area (Å²) in [5.41, 5.74) is 1.91. The first-order valence-electron chi connectivity index (χ1n) is 7.22. The third kappa shape index (κ3) is 4.28. The van der Waals surface area contributed by atoms with Gasteiger partial charge in [-0.05, 0) is 25.5 Å². The summed E-state index contributed by atoms with van der Waals surface area (Å²) in [6.07, 6.45) is 0.839. The number of nitrogens with one attached hydrogen (secondary N) is 1. The first-order valence-corrected chi connectivity index (χ1v) is 7.22. The number of amides is 1. The van der Waals surface area contributed by atoms with Crippen molar-refractivity contribution in [2.24, 2.45) is 0 Å². The van der Waals surface area contributed by atoms with Crippen molar-refractivity contribution >= 4 is 5.91 Å². The van der Waals surface area contributed by atoms with Crippen LogP contribution in [0.1, 0.15) is 30.8 Å². The van der Waals surface area contributed by atoms with Crippen LogP contribution >= 0.6 is 0 Å². The minimum absolute atomic E-state index is 0.0107. The van der Waals surface area contributed by atoms with Gasteiger partial charge in [0.15, 0.2) is 0 Å². The summed E-state index contributed by atoms with van der Waals surface area (Å²) in [6, 6.07) is 5.90. The van der Waals surface area contributed by atoms with Gasteiger partial charge in [-0.15, -0.1) is 0 Å². The van der Waals surface area contributed by atoms with E-state index in [0.717, 1.165) is 30.9 Å². The van der Waals surface area contributed by atoms with Crippen molar-refractivity contribution in [1.29, 1.82) is 0 Å². The first kappa shape index (κ1) is 14.9. The summed E-state index contributed by atoms with van der Waals surface area (Å²) < 4.78 is 5.28. The van der Waals surface area contributed by atoms with E-state index in [0.29, 0.717) is 19.8 Å². The van der Waals surface area contributed by atoms with E-state index in [9.17, 15) is 4.79 Å². The molecule has 5 nitrogen and oxygen atoms in total. The Morgan fingerprint density at radius 2 is 2.20 bits per heavy atom. The summed E-state index contributed by atoms with van der Waals surface area (Å²) in [5.74, 6) is 0.0575. The predicted molar refractivity (Wildman–Crippen MR) is 77.4 cm³/mol. The molecule has 1 aliphatic rings. The number of morpholine rings is 1. The lowest BCUT2D eigenvalue weighted by atomic mass is 10.1. The van der Waals surface area contributed by atoms with Crippen LogP contribution in [0.25, 0.3) is 0 Å². The van der Waals surface area contributed by atoms with Crippen LogP contribution in [-0.4, -0.2) is 48.6 Å². The monoisotopic (exact) mass is 277 g/mol. The number of carbonyl (C=O) groups excluding carboxylic acids is 1. The molecule has 0 aliphatic carbocycles. The van der Waals surface area contributed by atoms with Gasteiger partial charge in [0, 0.05) is 18.8 Å². The maximum absolute atomic E-state index is 12.1. The van der Waals surface area contributed by atoms with Crippen molar-refractivity contribution in [2.45, 2.75) is 26.3 Å². The molecule has 110 valence electrons. The highest BCUT2D eigenvalue weighted by atomic mass is 16.5. The van der Waals surface area contributed by atoms with E-state index in [1.54, 1.807) is 0 Å². The molecule has 1 saturated heterocycles. The van der Waals surface area contributed by atoms with Crippen LogP contribution in [0.5, 0.6) is 0 Å². The Morgan fingerprint density at radius 1 is 1.45 bits per heavy atom. The lowest BCUT2D eigenvalue weighted by molar-refractivity contribution is -0.124. The standard InChI is InChI=1S/C15H23N3O2/c1-3-13(14-6-4-5-12(2)16-14)17-15(19)11-18-7-9-20-10-8-18/h4-6,13H,3,7-11H2,1-2H3,(H,17,19). The Labute approximate surface area is 120 Å². The van der Waals surface area contributed by atoms with Crippen LogP contribution in [0.3, 0.4) is 0 Å². The van der Waals surface area contributed by atoms with Crippen LogP contribution in [-0.2, 0) is 9.53 Å². The number of pyridine rings is 1. The van der Waals surface area contributed by atoms with Crippen LogP contribution in [0.4, 0.5) is 0 Å². The quantitative estimate of drug-likeness (QED) is 0.881. The average molecular weight is 277 g/mol. The van der Waals surface area contributed by atoms with Gasteiger partial charge >= 0.3 is 0 Å². The zero-order valence-corrected chi connectivity index (χ0v) is 12.3. The summed E-state index contributed by atoms with van der Waals surface area (Å²) in [6.45, 7) is 7.54. The second kappa shape index (κ2) is 7.36. The fourth-order valence-corrected chi connectivity index (χ4v) is 2.35. The molecule has 0 aromatic carbocycles. The topological polar surface area (TPSA) is 54.5 Å². The van der Waals surface area contributed by atoms with Crippen LogP contribution in [0.15, 0.2) is 18.2 Å². The normalized spacial score (nSPS) is 17.7. The summed E-state index contributed by atoms with van der Waals surface area (Å²) in [7, 11) is 0. The van der Waals surface area contributed by atoms with E-state index in [-0.39, 0.29) is 11.9 Å². The molecular weight excluding hydrogens is 254 g/mol. The van der Waals surface area contributed by atoms with Gasteiger partial charge in [-0.25, -0.2) is 0 Å². The molecule has 20 heavy (non-hydrogen) atoms. The van der Waals surface area contributed by atoms with Gasteiger partial charge < -0.3 is 10.1 Å². The molecule has 1 atom stereocenters. The second-order valence-electron chi connectivity index (χ2n) is 5.12. The number of hydrogen-bond donors (Lipinski definition) is 1. The molecule has 1 unspecified atom stereocenters. The van der Waals surface area contributed by atoms with Gasteiger partial charge in [-0.1, -0.05) is 13.0 Å². The van der Waals surface area contributed by atoms with Crippen molar-refractivity contribution < 1.29 is 9.53 Å². The average Bonchev–Trinajstić information content (AvgIpc) is 2.46. The minimum atomic E-state index is -0.0107. The van der Waals surface area contributed by atoms with Crippen LogP contribution < -0.4 is 5.32 Å². The largest absolute Gasteiger partial charge is 0.379 e. The zero-order valence-electron chi connectivity index (χ0n) is 12.3. The Bertz CT molecular complexity index is 444. The molecule has 0 bridgehead atoms. The van der Waals surface area contributed by atoms with Gasteiger partial charge in [0.2, 0.25) is 5.91 Å². The molecule has 5 heteroatoms. The van der Waals surface area contributed by atoms with Crippen molar-refractivity contribution in [1.82, 2.24) is 15.2 Å². The van der Waals surface area contributed by atoms with E-state index in [4.69, 9.17) is 4.74 Å². The minimum Gasteiger partial charge on any atom is -0.379 e. The number of rotatable bonds is 5. The summed E-state index contributed by atoms with van der Waals surface area (Å²) in [4.78, 5) is 18.7. The number of nitrogens with zero attached hydrogens (tertiary/aromatic N) is 2. The highest BCUT2D eigenvalue weighted by molar-refractivity contribution is 5.78. The molecule has 1 aromatic rings. The van der Waals surface area contributed by atoms with Gasteiger partial charge in [0.05, 0.1) is 31.5 Å². The van der Waals surface area contributed by atoms with E-state index in [1.807, 2.05) is 25.1 Å². The third-order valence-electron chi connectivity index (χ3n) is 3.48. The molecule has 0 saturated carbocycles. The van der Waals surface area contributed by atoms with Gasteiger partial charge in [-0.2, -0.15) is 0 Å². The smallest absolute Gasteiger partial charge is 0.234 e. The van der Waals surface area contributed by atoms with Gasteiger partial charge in [0.1, 0.15) is 0 Å². The highest BCUT2D eigenvalue weighted by Gasteiger charge is 2.18. The van der Waals surface area contributed by atoms with Crippen molar-refractivity contribution in [3.05, 3.63) is 29.6 Å². The molecule has 1 amide bonds.